The lowest BCUT2D eigenvalue weighted by Gasteiger charge is -2.08. The Labute approximate surface area is 206 Å². The number of aromatic amines is 1. The van der Waals surface area contributed by atoms with Crippen LogP contribution in [-0.2, 0) is 19.5 Å². The van der Waals surface area contributed by atoms with Crippen molar-refractivity contribution in [1.29, 1.82) is 0 Å². The van der Waals surface area contributed by atoms with Crippen LogP contribution >= 0.6 is 11.6 Å². The van der Waals surface area contributed by atoms with Crippen LogP contribution in [0, 0.1) is 0 Å². The van der Waals surface area contributed by atoms with Gasteiger partial charge in [0.15, 0.2) is 0 Å². The maximum atomic E-state index is 12.7. The van der Waals surface area contributed by atoms with Crippen molar-refractivity contribution >= 4 is 28.4 Å². The summed E-state index contributed by atoms with van der Waals surface area (Å²) < 4.78 is 1.67. The number of fused-ring (bicyclic) bond motifs is 1. The van der Waals surface area contributed by atoms with Crippen LogP contribution in [0.15, 0.2) is 89.9 Å². The Hall–Kier alpha value is -4.23. The SMILES string of the molecule is O=C(NCc1[nH]nc2ccc(Cl)cc12)c1cccc(Cc2ccc(Cn3ccccc3=O)cc2)n1. The lowest BCUT2D eigenvalue weighted by atomic mass is 10.1. The van der Waals surface area contributed by atoms with Crippen LogP contribution in [0.5, 0.6) is 0 Å². The summed E-state index contributed by atoms with van der Waals surface area (Å²) in [6, 6.07) is 24.0. The summed E-state index contributed by atoms with van der Waals surface area (Å²) in [6.45, 7) is 0.805. The normalized spacial score (nSPS) is 11.0. The molecule has 8 heteroatoms. The van der Waals surface area contributed by atoms with Crippen LogP contribution in [0.2, 0.25) is 5.02 Å². The standard InChI is InChI=1S/C27H22ClN5O2/c28-20-11-12-23-22(15-20)25(32-31-23)16-29-27(35)24-5-3-4-21(30-24)14-18-7-9-19(10-8-18)17-33-13-2-1-6-26(33)34/h1-13,15H,14,16-17H2,(H,29,35)(H,31,32). The topological polar surface area (TPSA) is 92.7 Å². The molecule has 35 heavy (non-hydrogen) atoms. The number of hydrogen-bond acceptors (Lipinski definition) is 4. The molecule has 0 bridgehead atoms. The van der Waals surface area contributed by atoms with Gasteiger partial charge in [-0.1, -0.05) is 48.0 Å². The molecule has 0 radical (unpaired) electrons. The number of rotatable bonds is 7. The van der Waals surface area contributed by atoms with Gasteiger partial charge in [-0.25, -0.2) is 4.98 Å². The molecule has 0 aliphatic heterocycles. The van der Waals surface area contributed by atoms with Crippen molar-refractivity contribution in [3.05, 3.63) is 129 Å². The molecule has 0 aliphatic carbocycles. The molecule has 5 rings (SSSR count). The van der Waals surface area contributed by atoms with E-state index in [0.717, 1.165) is 33.4 Å². The van der Waals surface area contributed by atoms with E-state index in [2.05, 4.69) is 20.5 Å². The van der Waals surface area contributed by atoms with E-state index in [4.69, 9.17) is 11.6 Å². The fraction of sp³-hybridized carbons (Fsp3) is 0.111. The molecule has 0 aliphatic rings. The van der Waals surface area contributed by atoms with Gasteiger partial charge in [0.2, 0.25) is 0 Å². The van der Waals surface area contributed by atoms with E-state index in [9.17, 15) is 9.59 Å². The number of nitrogens with zero attached hydrogens (tertiary/aromatic N) is 3. The fourth-order valence-corrected chi connectivity index (χ4v) is 4.07. The van der Waals surface area contributed by atoms with Crippen molar-refractivity contribution in [3.63, 3.8) is 0 Å². The first-order valence-electron chi connectivity index (χ1n) is 11.1. The zero-order chi connectivity index (χ0) is 24.2. The Kier molecular flexibility index (Phi) is 6.41. The number of carbonyl (C=O) groups is 1. The predicted octanol–water partition coefficient (Wildman–Crippen LogP) is 4.34. The summed E-state index contributed by atoms with van der Waals surface area (Å²) in [5.41, 5.74) is 4.80. The van der Waals surface area contributed by atoms with Gasteiger partial charge in [0.05, 0.1) is 24.3 Å². The first-order valence-corrected chi connectivity index (χ1v) is 11.5. The Balaban J connectivity index is 1.23. The highest BCUT2D eigenvalue weighted by Crippen LogP contribution is 2.20. The minimum Gasteiger partial charge on any atom is -0.345 e. The van der Waals surface area contributed by atoms with E-state index in [1.807, 2.05) is 54.6 Å². The Morgan fingerprint density at radius 2 is 1.80 bits per heavy atom. The van der Waals surface area contributed by atoms with Gasteiger partial charge in [-0.05, 0) is 47.5 Å². The summed E-state index contributed by atoms with van der Waals surface area (Å²) in [7, 11) is 0. The van der Waals surface area contributed by atoms with Crippen molar-refractivity contribution in [2.45, 2.75) is 19.5 Å². The highest BCUT2D eigenvalue weighted by Gasteiger charge is 2.11. The molecule has 3 heterocycles. The zero-order valence-electron chi connectivity index (χ0n) is 18.7. The van der Waals surface area contributed by atoms with Crippen molar-refractivity contribution in [2.75, 3.05) is 0 Å². The van der Waals surface area contributed by atoms with Crippen LogP contribution in [0.4, 0.5) is 0 Å². The molecule has 1 amide bonds. The number of hydrogen-bond donors (Lipinski definition) is 2. The van der Waals surface area contributed by atoms with Crippen molar-refractivity contribution in [2.24, 2.45) is 0 Å². The minimum atomic E-state index is -0.264. The van der Waals surface area contributed by atoms with E-state index in [0.29, 0.717) is 23.7 Å². The monoisotopic (exact) mass is 483 g/mol. The van der Waals surface area contributed by atoms with Gasteiger partial charge in [0.25, 0.3) is 11.5 Å². The number of pyridine rings is 2. The molecular formula is C27H22ClN5O2. The number of halogens is 1. The number of benzene rings is 2. The molecule has 0 spiro atoms. The summed E-state index contributed by atoms with van der Waals surface area (Å²) in [5, 5.41) is 11.6. The van der Waals surface area contributed by atoms with Gasteiger partial charge in [-0.2, -0.15) is 5.10 Å². The van der Waals surface area contributed by atoms with Gasteiger partial charge in [0.1, 0.15) is 5.69 Å². The summed E-state index contributed by atoms with van der Waals surface area (Å²) >= 11 is 6.09. The van der Waals surface area contributed by atoms with Gasteiger partial charge in [0, 0.05) is 34.8 Å². The third-order valence-electron chi connectivity index (χ3n) is 5.72. The molecule has 3 aromatic heterocycles. The number of amides is 1. The molecule has 0 atom stereocenters. The van der Waals surface area contributed by atoms with E-state index in [1.165, 1.54) is 0 Å². The van der Waals surface area contributed by atoms with Gasteiger partial charge in [-0.3, -0.25) is 14.7 Å². The number of nitrogens with one attached hydrogen (secondary N) is 2. The Morgan fingerprint density at radius 3 is 2.63 bits per heavy atom. The predicted molar refractivity (Wildman–Crippen MR) is 136 cm³/mol. The van der Waals surface area contributed by atoms with Gasteiger partial charge < -0.3 is 9.88 Å². The minimum absolute atomic E-state index is 0.0274. The zero-order valence-corrected chi connectivity index (χ0v) is 19.5. The van der Waals surface area contributed by atoms with Crippen LogP contribution in [0.25, 0.3) is 10.9 Å². The molecule has 7 nitrogen and oxygen atoms in total. The first kappa shape index (κ1) is 22.6. The van der Waals surface area contributed by atoms with Gasteiger partial charge >= 0.3 is 0 Å². The van der Waals surface area contributed by atoms with Crippen LogP contribution in [0.3, 0.4) is 0 Å². The molecule has 174 valence electrons. The number of aromatic nitrogens is 4. The quantitative estimate of drug-likeness (QED) is 0.360. The lowest BCUT2D eigenvalue weighted by Crippen LogP contribution is -2.24. The van der Waals surface area contributed by atoms with Crippen molar-refractivity contribution < 1.29 is 4.79 Å². The van der Waals surface area contributed by atoms with E-state index in [-0.39, 0.29) is 18.0 Å². The molecule has 0 fully saturated rings. The fourth-order valence-electron chi connectivity index (χ4n) is 3.89. The molecule has 0 unspecified atom stereocenters. The van der Waals surface area contributed by atoms with Crippen molar-refractivity contribution in [3.8, 4) is 0 Å². The third kappa shape index (κ3) is 5.31. The van der Waals surface area contributed by atoms with Gasteiger partial charge in [-0.15, -0.1) is 0 Å². The van der Waals surface area contributed by atoms with E-state index in [1.54, 1.807) is 35.0 Å². The second-order valence-electron chi connectivity index (χ2n) is 8.22. The smallest absolute Gasteiger partial charge is 0.270 e. The first-order chi connectivity index (χ1) is 17.0. The molecule has 5 aromatic rings. The van der Waals surface area contributed by atoms with E-state index < -0.39 is 0 Å². The molecule has 0 saturated heterocycles. The molecule has 2 aromatic carbocycles. The third-order valence-corrected chi connectivity index (χ3v) is 5.96. The average molecular weight is 484 g/mol. The largest absolute Gasteiger partial charge is 0.345 e. The van der Waals surface area contributed by atoms with Crippen molar-refractivity contribution in [1.82, 2.24) is 25.1 Å². The Morgan fingerprint density at radius 1 is 0.971 bits per heavy atom. The highest BCUT2D eigenvalue weighted by atomic mass is 35.5. The lowest BCUT2D eigenvalue weighted by molar-refractivity contribution is 0.0945. The summed E-state index contributed by atoms with van der Waals surface area (Å²) in [6.07, 6.45) is 2.37. The number of H-pyrrole nitrogens is 1. The Bertz CT molecular complexity index is 1560. The van der Waals surface area contributed by atoms with Crippen LogP contribution in [-0.4, -0.2) is 25.7 Å². The molecule has 0 saturated carbocycles. The number of carbonyl (C=O) groups excluding carboxylic acids is 1. The average Bonchev–Trinajstić information content (AvgIpc) is 3.27. The maximum absolute atomic E-state index is 12.7. The van der Waals surface area contributed by atoms with Crippen LogP contribution in [0.1, 0.15) is 33.0 Å². The molecule has 2 N–H and O–H groups in total. The second-order valence-corrected chi connectivity index (χ2v) is 8.66. The maximum Gasteiger partial charge on any atom is 0.270 e. The summed E-state index contributed by atoms with van der Waals surface area (Å²) in [5.74, 6) is -0.264. The summed E-state index contributed by atoms with van der Waals surface area (Å²) in [4.78, 5) is 29.2. The van der Waals surface area contributed by atoms with Crippen LogP contribution < -0.4 is 10.9 Å². The highest BCUT2D eigenvalue weighted by molar-refractivity contribution is 6.31. The molecular weight excluding hydrogens is 462 g/mol. The van der Waals surface area contributed by atoms with E-state index >= 15 is 0 Å². The second kappa shape index (κ2) is 9.95.